The average molecular weight is 361 g/mol. The molecule has 0 spiro atoms. The van der Waals surface area contributed by atoms with Crippen molar-refractivity contribution in [3.63, 3.8) is 0 Å². The second-order valence-corrected chi connectivity index (χ2v) is 6.48. The number of aliphatic carboxylic acids is 1. The molecule has 0 bridgehead atoms. The molecule has 1 atom stereocenters. The van der Waals surface area contributed by atoms with E-state index in [1.807, 2.05) is 0 Å². The van der Waals surface area contributed by atoms with Crippen molar-refractivity contribution in [2.75, 3.05) is 7.11 Å². The highest BCUT2D eigenvalue weighted by atomic mass is 16.5. The van der Waals surface area contributed by atoms with Crippen LogP contribution in [0.2, 0.25) is 0 Å². The highest BCUT2D eigenvalue weighted by molar-refractivity contribution is 5.84. The standard InChI is InChI=1S/C19H23NO6/c1-10(2)17(18(22)23)20-16(21)8-7-14-11(3)13-6-5-12(25-4)9-15(13)26-19(14)24/h5-6,9-10,17H,7-8H2,1-4H3,(H,20,21)(H,22,23). The fraction of sp³-hybridized carbons (Fsp3) is 0.421. The van der Waals surface area contributed by atoms with Gasteiger partial charge in [0.2, 0.25) is 5.91 Å². The maximum Gasteiger partial charge on any atom is 0.339 e. The van der Waals surface area contributed by atoms with Crippen LogP contribution in [0.15, 0.2) is 27.4 Å². The van der Waals surface area contributed by atoms with Gasteiger partial charge in [-0.1, -0.05) is 13.8 Å². The lowest BCUT2D eigenvalue weighted by Gasteiger charge is -2.18. The van der Waals surface area contributed by atoms with Crippen LogP contribution in [0, 0.1) is 12.8 Å². The maximum absolute atomic E-state index is 12.3. The molecule has 0 aliphatic heterocycles. The molecule has 2 rings (SSSR count). The molecule has 0 aliphatic rings. The summed E-state index contributed by atoms with van der Waals surface area (Å²) < 4.78 is 10.5. The van der Waals surface area contributed by atoms with Crippen LogP contribution in [0.25, 0.3) is 11.0 Å². The number of amides is 1. The molecule has 0 fully saturated rings. The van der Waals surface area contributed by atoms with Crippen molar-refractivity contribution in [3.05, 3.63) is 39.7 Å². The second-order valence-electron chi connectivity index (χ2n) is 6.48. The largest absolute Gasteiger partial charge is 0.497 e. The van der Waals surface area contributed by atoms with Gasteiger partial charge in [-0.05, 0) is 37.0 Å². The molecule has 0 saturated carbocycles. The van der Waals surface area contributed by atoms with Crippen LogP contribution in [0.5, 0.6) is 5.75 Å². The predicted molar refractivity (Wildman–Crippen MR) is 96.5 cm³/mol. The van der Waals surface area contributed by atoms with Gasteiger partial charge in [-0.15, -0.1) is 0 Å². The molecule has 2 aromatic rings. The molecular formula is C19H23NO6. The van der Waals surface area contributed by atoms with E-state index in [4.69, 9.17) is 14.3 Å². The minimum Gasteiger partial charge on any atom is -0.497 e. The Hall–Kier alpha value is -2.83. The molecule has 1 aromatic carbocycles. The normalized spacial score (nSPS) is 12.2. The van der Waals surface area contributed by atoms with Crippen molar-refractivity contribution in [2.45, 2.75) is 39.7 Å². The summed E-state index contributed by atoms with van der Waals surface area (Å²) in [5.41, 5.74) is 1.07. The fourth-order valence-electron chi connectivity index (χ4n) is 2.79. The lowest BCUT2D eigenvalue weighted by molar-refractivity contribution is -0.143. The second kappa shape index (κ2) is 8.03. The summed E-state index contributed by atoms with van der Waals surface area (Å²) in [5, 5.41) is 12.4. The fourth-order valence-corrected chi connectivity index (χ4v) is 2.79. The third-order valence-corrected chi connectivity index (χ3v) is 4.35. The Kier molecular flexibility index (Phi) is 6.02. The quantitative estimate of drug-likeness (QED) is 0.733. The Labute approximate surface area is 151 Å². The minimum absolute atomic E-state index is 0.00373. The summed E-state index contributed by atoms with van der Waals surface area (Å²) in [5.74, 6) is -1.15. The van der Waals surface area contributed by atoms with E-state index in [9.17, 15) is 14.4 Å². The van der Waals surface area contributed by atoms with Crippen LogP contribution in [0.3, 0.4) is 0 Å². The molecule has 7 nitrogen and oxygen atoms in total. The Morgan fingerprint density at radius 1 is 1.31 bits per heavy atom. The summed E-state index contributed by atoms with van der Waals surface area (Å²) >= 11 is 0. The number of fused-ring (bicyclic) bond motifs is 1. The number of hydrogen-bond acceptors (Lipinski definition) is 5. The van der Waals surface area contributed by atoms with E-state index >= 15 is 0 Å². The SMILES string of the molecule is COc1ccc2c(C)c(CCC(=O)NC(C(=O)O)C(C)C)c(=O)oc2c1. The molecule has 2 N–H and O–H groups in total. The van der Waals surface area contributed by atoms with Crippen molar-refractivity contribution in [1.29, 1.82) is 0 Å². The van der Waals surface area contributed by atoms with Crippen LogP contribution in [-0.2, 0) is 16.0 Å². The highest BCUT2D eigenvalue weighted by Gasteiger charge is 2.23. The zero-order chi connectivity index (χ0) is 19.4. The van der Waals surface area contributed by atoms with Gasteiger partial charge in [0.1, 0.15) is 17.4 Å². The minimum atomic E-state index is -1.08. The summed E-state index contributed by atoms with van der Waals surface area (Å²) in [7, 11) is 1.53. The lowest BCUT2D eigenvalue weighted by Crippen LogP contribution is -2.44. The first kappa shape index (κ1) is 19.5. The molecule has 26 heavy (non-hydrogen) atoms. The van der Waals surface area contributed by atoms with Gasteiger partial charge in [0.25, 0.3) is 0 Å². The first-order valence-electron chi connectivity index (χ1n) is 8.37. The van der Waals surface area contributed by atoms with E-state index in [1.165, 1.54) is 7.11 Å². The van der Waals surface area contributed by atoms with Crippen molar-refractivity contribution < 1.29 is 23.8 Å². The number of carbonyl (C=O) groups is 2. The number of aryl methyl sites for hydroxylation is 1. The summed E-state index contributed by atoms with van der Waals surface area (Å²) in [6, 6.07) is 4.26. The molecule has 0 radical (unpaired) electrons. The van der Waals surface area contributed by atoms with Crippen molar-refractivity contribution >= 4 is 22.8 Å². The third kappa shape index (κ3) is 4.22. The predicted octanol–water partition coefficient (Wildman–Crippen LogP) is 2.27. The van der Waals surface area contributed by atoms with Gasteiger partial charge in [-0.3, -0.25) is 4.79 Å². The molecule has 0 aliphatic carbocycles. The Bertz CT molecular complexity index is 883. The van der Waals surface area contributed by atoms with Crippen LogP contribution in [-0.4, -0.2) is 30.1 Å². The number of carbonyl (C=O) groups excluding carboxylic acids is 1. The Balaban J connectivity index is 2.19. The van der Waals surface area contributed by atoms with E-state index in [1.54, 1.807) is 39.0 Å². The molecule has 1 unspecified atom stereocenters. The highest BCUT2D eigenvalue weighted by Crippen LogP contribution is 2.24. The number of methoxy groups -OCH3 is 1. The summed E-state index contributed by atoms with van der Waals surface area (Å²) in [6.45, 7) is 5.23. The maximum atomic E-state index is 12.3. The van der Waals surface area contributed by atoms with Gasteiger partial charge in [-0.2, -0.15) is 0 Å². The molecule has 0 saturated heterocycles. The van der Waals surface area contributed by atoms with Gasteiger partial charge in [0.05, 0.1) is 7.11 Å². The molecule has 1 aromatic heterocycles. The topological polar surface area (TPSA) is 106 Å². The first-order chi connectivity index (χ1) is 12.2. The van der Waals surface area contributed by atoms with E-state index in [0.29, 0.717) is 16.9 Å². The van der Waals surface area contributed by atoms with Gasteiger partial charge in [0, 0.05) is 23.4 Å². The molecule has 1 amide bonds. The average Bonchev–Trinajstić information content (AvgIpc) is 2.58. The smallest absolute Gasteiger partial charge is 0.339 e. The number of benzene rings is 1. The summed E-state index contributed by atoms with van der Waals surface area (Å²) in [4.78, 5) is 35.5. The Morgan fingerprint density at radius 3 is 2.58 bits per heavy atom. The first-order valence-corrected chi connectivity index (χ1v) is 8.37. The number of carboxylic acid groups (broad SMARTS) is 1. The number of rotatable bonds is 7. The van der Waals surface area contributed by atoms with Gasteiger partial charge in [0.15, 0.2) is 0 Å². The van der Waals surface area contributed by atoms with Crippen LogP contribution >= 0.6 is 0 Å². The lowest BCUT2D eigenvalue weighted by atomic mass is 10.0. The van der Waals surface area contributed by atoms with Crippen molar-refractivity contribution in [3.8, 4) is 5.75 Å². The molecule has 140 valence electrons. The summed E-state index contributed by atoms with van der Waals surface area (Å²) in [6.07, 6.45) is 0.177. The monoisotopic (exact) mass is 361 g/mol. The molecule has 7 heteroatoms. The van der Waals surface area contributed by atoms with Crippen molar-refractivity contribution in [1.82, 2.24) is 5.32 Å². The van der Waals surface area contributed by atoms with Crippen LogP contribution in [0.1, 0.15) is 31.4 Å². The number of carboxylic acids is 1. The van der Waals surface area contributed by atoms with E-state index < -0.39 is 23.5 Å². The molecular weight excluding hydrogens is 338 g/mol. The number of nitrogens with one attached hydrogen (secondary N) is 1. The zero-order valence-corrected chi connectivity index (χ0v) is 15.3. The van der Waals surface area contributed by atoms with E-state index in [0.717, 1.165) is 10.9 Å². The van der Waals surface area contributed by atoms with E-state index in [2.05, 4.69) is 5.32 Å². The Morgan fingerprint density at radius 2 is 2.00 bits per heavy atom. The van der Waals surface area contributed by atoms with Gasteiger partial charge in [-0.25, -0.2) is 9.59 Å². The van der Waals surface area contributed by atoms with Crippen LogP contribution < -0.4 is 15.7 Å². The third-order valence-electron chi connectivity index (χ3n) is 4.35. The van der Waals surface area contributed by atoms with Crippen molar-refractivity contribution in [2.24, 2.45) is 5.92 Å². The number of ether oxygens (including phenoxy) is 1. The van der Waals surface area contributed by atoms with Gasteiger partial charge >= 0.3 is 11.6 Å². The van der Waals surface area contributed by atoms with E-state index in [-0.39, 0.29) is 18.8 Å². The van der Waals surface area contributed by atoms with Gasteiger partial charge < -0.3 is 19.6 Å². The zero-order valence-electron chi connectivity index (χ0n) is 15.3. The van der Waals surface area contributed by atoms with Crippen LogP contribution in [0.4, 0.5) is 0 Å². The number of hydrogen-bond donors (Lipinski definition) is 2. The molecule has 1 heterocycles.